The smallest absolute Gasteiger partial charge is 0.326 e. The lowest BCUT2D eigenvalue weighted by Gasteiger charge is -2.26. The van der Waals surface area contributed by atoms with Crippen LogP contribution in [-0.4, -0.2) is 11.2 Å². The maximum absolute atomic E-state index is 12.8. The first-order valence-corrected chi connectivity index (χ1v) is 7.32. The standard InChI is InChI=1S/C17H17F3N2/c18-17(19,20)14-6-8-16-13(9-14)5-7-15(22-16)12-3-1-11(10-21)2-4-12/h1-5,7,14H,6,8-10,21H2. The van der Waals surface area contributed by atoms with Crippen molar-refractivity contribution in [1.82, 2.24) is 4.98 Å². The summed E-state index contributed by atoms with van der Waals surface area (Å²) in [6.45, 7) is 0.483. The minimum atomic E-state index is -4.12. The van der Waals surface area contributed by atoms with Gasteiger partial charge in [0.15, 0.2) is 0 Å². The molecule has 116 valence electrons. The third kappa shape index (κ3) is 2.99. The summed E-state index contributed by atoms with van der Waals surface area (Å²) in [7, 11) is 0. The third-order valence-corrected chi connectivity index (χ3v) is 4.21. The van der Waals surface area contributed by atoms with E-state index in [1.807, 2.05) is 24.3 Å². The average Bonchev–Trinajstić information content (AvgIpc) is 2.53. The lowest BCUT2D eigenvalue weighted by molar-refractivity contribution is -0.177. The molecule has 0 fully saturated rings. The van der Waals surface area contributed by atoms with E-state index in [1.165, 1.54) is 0 Å². The molecule has 1 aromatic carbocycles. The van der Waals surface area contributed by atoms with Gasteiger partial charge >= 0.3 is 6.18 Å². The Morgan fingerprint density at radius 2 is 1.82 bits per heavy atom. The molecule has 2 N–H and O–H groups in total. The highest BCUT2D eigenvalue weighted by Gasteiger charge is 2.41. The lowest BCUT2D eigenvalue weighted by Crippen LogP contribution is -2.29. The number of nitrogens with two attached hydrogens (primary N) is 1. The molecule has 1 aromatic heterocycles. The van der Waals surface area contributed by atoms with E-state index >= 15 is 0 Å². The molecule has 1 heterocycles. The fraction of sp³-hybridized carbons (Fsp3) is 0.353. The van der Waals surface area contributed by atoms with E-state index in [0.717, 1.165) is 28.1 Å². The second-order valence-electron chi connectivity index (χ2n) is 5.68. The molecular weight excluding hydrogens is 289 g/mol. The van der Waals surface area contributed by atoms with Crippen LogP contribution in [0.5, 0.6) is 0 Å². The molecule has 5 heteroatoms. The minimum Gasteiger partial charge on any atom is -0.326 e. The van der Waals surface area contributed by atoms with Gasteiger partial charge in [-0.05, 0) is 36.5 Å². The zero-order chi connectivity index (χ0) is 15.7. The Kier molecular flexibility index (Phi) is 3.91. The van der Waals surface area contributed by atoms with Crippen LogP contribution in [0.15, 0.2) is 36.4 Å². The highest BCUT2D eigenvalue weighted by atomic mass is 19.4. The van der Waals surface area contributed by atoms with Gasteiger partial charge in [0.25, 0.3) is 0 Å². The molecule has 1 atom stereocenters. The predicted molar refractivity (Wildman–Crippen MR) is 79.1 cm³/mol. The molecule has 3 rings (SSSR count). The third-order valence-electron chi connectivity index (χ3n) is 4.21. The van der Waals surface area contributed by atoms with Gasteiger partial charge in [0.2, 0.25) is 0 Å². The van der Waals surface area contributed by atoms with Gasteiger partial charge in [-0.15, -0.1) is 0 Å². The van der Waals surface area contributed by atoms with E-state index in [1.54, 1.807) is 12.1 Å². The van der Waals surface area contributed by atoms with Crippen molar-refractivity contribution in [3.63, 3.8) is 0 Å². The van der Waals surface area contributed by atoms with Crippen LogP contribution in [-0.2, 0) is 19.4 Å². The average molecular weight is 306 g/mol. The van der Waals surface area contributed by atoms with E-state index in [4.69, 9.17) is 5.73 Å². The number of nitrogens with zero attached hydrogens (tertiary/aromatic N) is 1. The van der Waals surface area contributed by atoms with Gasteiger partial charge in [0, 0.05) is 17.8 Å². The van der Waals surface area contributed by atoms with Crippen molar-refractivity contribution in [2.45, 2.75) is 32.0 Å². The normalized spacial score (nSPS) is 18.1. The molecule has 22 heavy (non-hydrogen) atoms. The van der Waals surface area contributed by atoms with Gasteiger partial charge < -0.3 is 5.73 Å². The molecule has 2 nitrogen and oxygen atoms in total. The Morgan fingerprint density at radius 1 is 1.09 bits per heavy atom. The summed E-state index contributed by atoms with van der Waals surface area (Å²) in [5.74, 6) is -1.24. The minimum absolute atomic E-state index is 0.0399. The van der Waals surface area contributed by atoms with E-state index in [0.29, 0.717) is 13.0 Å². The van der Waals surface area contributed by atoms with Crippen LogP contribution >= 0.6 is 0 Å². The molecule has 1 aliphatic rings. The zero-order valence-electron chi connectivity index (χ0n) is 12.0. The summed E-state index contributed by atoms with van der Waals surface area (Å²) in [4.78, 5) is 4.56. The molecule has 0 bridgehead atoms. The SMILES string of the molecule is NCc1ccc(-c2ccc3c(n2)CCC(C(F)(F)F)C3)cc1. The second-order valence-corrected chi connectivity index (χ2v) is 5.68. The van der Waals surface area contributed by atoms with Gasteiger partial charge in [-0.25, -0.2) is 0 Å². The van der Waals surface area contributed by atoms with Gasteiger partial charge in [0.1, 0.15) is 0 Å². The molecular formula is C17H17F3N2. The van der Waals surface area contributed by atoms with Crippen molar-refractivity contribution in [1.29, 1.82) is 0 Å². The molecule has 0 amide bonds. The van der Waals surface area contributed by atoms with Crippen LogP contribution in [0, 0.1) is 5.92 Å². The van der Waals surface area contributed by atoms with Crippen molar-refractivity contribution in [2.24, 2.45) is 11.7 Å². The van der Waals surface area contributed by atoms with Crippen molar-refractivity contribution in [2.75, 3.05) is 0 Å². The molecule has 0 spiro atoms. The Balaban J connectivity index is 1.86. The van der Waals surface area contributed by atoms with Crippen molar-refractivity contribution in [3.05, 3.63) is 53.2 Å². The topological polar surface area (TPSA) is 38.9 Å². The number of benzene rings is 1. The molecule has 2 aromatic rings. The number of pyridine rings is 1. The number of aromatic nitrogens is 1. The number of halogens is 3. The van der Waals surface area contributed by atoms with Crippen molar-refractivity contribution >= 4 is 0 Å². The summed E-state index contributed by atoms with van der Waals surface area (Å²) in [5, 5.41) is 0. The Bertz CT molecular complexity index is 663. The zero-order valence-corrected chi connectivity index (χ0v) is 12.0. The van der Waals surface area contributed by atoms with Gasteiger partial charge in [-0.3, -0.25) is 4.98 Å². The van der Waals surface area contributed by atoms with Crippen LogP contribution in [0.25, 0.3) is 11.3 Å². The molecule has 1 unspecified atom stereocenters. The second kappa shape index (κ2) is 5.72. The van der Waals surface area contributed by atoms with Crippen molar-refractivity contribution in [3.8, 4) is 11.3 Å². The Labute approximate surface area is 127 Å². The van der Waals surface area contributed by atoms with E-state index in [2.05, 4.69) is 4.98 Å². The molecule has 0 saturated heterocycles. The fourth-order valence-corrected chi connectivity index (χ4v) is 2.86. The van der Waals surface area contributed by atoms with Crippen LogP contribution in [0.3, 0.4) is 0 Å². The summed E-state index contributed by atoms with van der Waals surface area (Å²) < 4.78 is 38.5. The Hall–Kier alpha value is -1.88. The number of alkyl halides is 3. The molecule has 0 aliphatic heterocycles. The molecule has 1 aliphatic carbocycles. The van der Waals surface area contributed by atoms with E-state index < -0.39 is 12.1 Å². The maximum Gasteiger partial charge on any atom is 0.392 e. The summed E-state index contributed by atoms with van der Waals surface area (Å²) in [5.41, 5.74) is 9.87. The number of aryl methyl sites for hydroxylation is 1. The van der Waals surface area contributed by atoms with E-state index in [-0.39, 0.29) is 12.8 Å². The Morgan fingerprint density at radius 3 is 2.45 bits per heavy atom. The van der Waals surface area contributed by atoms with Gasteiger partial charge in [-0.2, -0.15) is 13.2 Å². The van der Waals surface area contributed by atoms with Crippen LogP contribution < -0.4 is 5.73 Å². The monoisotopic (exact) mass is 306 g/mol. The largest absolute Gasteiger partial charge is 0.392 e. The van der Waals surface area contributed by atoms with Gasteiger partial charge in [-0.1, -0.05) is 30.3 Å². The summed E-state index contributed by atoms with van der Waals surface area (Å²) in [6, 6.07) is 11.4. The fourth-order valence-electron chi connectivity index (χ4n) is 2.86. The first-order chi connectivity index (χ1) is 10.5. The van der Waals surface area contributed by atoms with E-state index in [9.17, 15) is 13.2 Å². The number of hydrogen-bond acceptors (Lipinski definition) is 2. The highest BCUT2D eigenvalue weighted by molar-refractivity contribution is 5.60. The summed E-state index contributed by atoms with van der Waals surface area (Å²) >= 11 is 0. The first-order valence-electron chi connectivity index (χ1n) is 7.32. The predicted octanol–water partition coefficient (Wildman–Crippen LogP) is 3.87. The lowest BCUT2D eigenvalue weighted by atomic mass is 9.86. The summed E-state index contributed by atoms with van der Waals surface area (Å²) in [6.07, 6.45) is -3.57. The molecule has 0 radical (unpaired) electrons. The van der Waals surface area contributed by atoms with Crippen LogP contribution in [0.2, 0.25) is 0 Å². The van der Waals surface area contributed by atoms with Gasteiger partial charge in [0.05, 0.1) is 11.6 Å². The van der Waals surface area contributed by atoms with Crippen molar-refractivity contribution < 1.29 is 13.2 Å². The first kappa shape index (κ1) is 15.0. The number of fused-ring (bicyclic) bond motifs is 1. The quantitative estimate of drug-likeness (QED) is 0.914. The number of rotatable bonds is 2. The molecule has 0 saturated carbocycles. The van der Waals surface area contributed by atoms with Crippen LogP contribution in [0.4, 0.5) is 13.2 Å². The highest BCUT2D eigenvalue weighted by Crippen LogP contribution is 2.37. The maximum atomic E-state index is 12.8. The number of hydrogen-bond donors (Lipinski definition) is 1. The van der Waals surface area contributed by atoms with Crippen LogP contribution in [0.1, 0.15) is 23.2 Å².